The average molecular weight is 272 g/mol. The van der Waals surface area contributed by atoms with Crippen molar-refractivity contribution in [3.63, 3.8) is 0 Å². The Labute approximate surface area is 113 Å². The molecule has 1 N–H and O–H groups in total. The maximum absolute atomic E-state index is 12.9. The Morgan fingerprint density at radius 1 is 1.05 bits per heavy atom. The fraction of sp³-hybridized carbons (Fsp3) is 0.571. The summed E-state index contributed by atoms with van der Waals surface area (Å²) < 4.78 is 31.0. The van der Waals surface area contributed by atoms with E-state index in [2.05, 4.69) is 24.1 Å². The zero-order chi connectivity index (χ0) is 14.1. The Bertz CT molecular complexity index is 350. The lowest BCUT2D eigenvalue weighted by atomic mass is 10.3. The first-order chi connectivity index (χ1) is 9.15. The van der Waals surface area contributed by atoms with Crippen molar-refractivity contribution in [2.75, 3.05) is 39.3 Å². The molecule has 0 spiro atoms. The second-order valence-electron chi connectivity index (χ2n) is 4.23. The van der Waals surface area contributed by atoms with Gasteiger partial charge in [0.25, 0.3) is 0 Å². The van der Waals surface area contributed by atoms with Crippen LogP contribution in [0.2, 0.25) is 0 Å². The van der Waals surface area contributed by atoms with Crippen molar-refractivity contribution in [2.45, 2.75) is 13.8 Å². The van der Waals surface area contributed by atoms with Crippen LogP contribution in [0.15, 0.2) is 18.2 Å². The highest BCUT2D eigenvalue weighted by molar-refractivity contribution is 5.23. The molecule has 0 aliphatic carbocycles. The summed E-state index contributed by atoms with van der Waals surface area (Å²) in [6.45, 7) is 9.25. The number of hydrogen-bond donors (Lipinski definition) is 1. The average Bonchev–Trinajstić information content (AvgIpc) is 2.37. The van der Waals surface area contributed by atoms with Crippen LogP contribution in [0.5, 0.6) is 5.75 Å². The number of benzene rings is 1. The van der Waals surface area contributed by atoms with Crippen molar-refractivity contribution < 1.29 is 13.5 Å². The second kappa shape index (κ2) is 8.82. The Morgan fingerprint density at radius 3 is 2.26 bits per heavy atom. The minimum Gasteiger partial charge on any atom is -0.492 e. The Morgan fingerprint density at radius 2 is 1.68 bits per heavy atom. The lowest BCUT2D eigenvalue weighted by Crippen LogP contribution is -2.33. The van der Waals surface area contributed by atoms with Crippen LogP contribution in [0.25, 0.3) is 0 Å². The molecule has 3 nitrogen and oxygen atoms in total. The lowest BCUT2D eigenvalue weighted by Gasteiger charge is -2.18. The van der Waals surface area contributed by atoms with Crippen LogP contribution >= 0.6 is 0 Å². The van der Waals surface area contributed by atoms with Gasteiger partial charge in [0.05, 0.1) is 0 Å². The van der Waals surface area contributed by atoms with Crippen LogP contribution in [0.3, 0.4) is 0 Å². The number of likely N-dealkylation sites (N-methyl/N-ethyl adjacent to an activating group) is 1. The molecule has 108 valence electrons. The van der Waals surface area contributed by atoms with Crippen molar-refractivity contribution in [3.05, 3.63) is 29.8 Å². The van der Waals surface area contributed by atoms with Crippen LogP contribution in [-0.2, 0) is 0 Å². The Kier molecular flexibility index (Phi) is 7.36. The molecular formula is C14H22F2N2O. The smallest absolute Gasteiger partial charge is 0.129 e. The summed E-state index contributed by atoms with van der Waals surface area (Å²) in [7, 11) is 0. The first kappa shape index (κ1) is 15.9. The predicted octanol–water partition coefficient (Wildman–Crippen LogP) is 2.27. The zero-order valence-corrected chi connectivity index (χ0v) is 11.6. The van der Waals surface area contributed by atoms with Gasteiger partial charge in [0.15, 0.2) is 0 Å². The van der Waals surface area contributed by atoms with E-state index >= 15 is 0 Å². The highest BCUT2D eigenvalue weighted by atomic mass is 19.1. The van der Waals surface area contributed by atoms with E-state index in [-0.39, 0.29) is 5.75 Å². The van der Waals surface area contributed by atoms with Crippen LogP contribution in [0.1, 0.15) is 13.8 Å². The van der Waals surface area contributed by atoms with Gasteiger partial charge in [-0.2, -0.15) is 0 Å². The van der Waals surface area contributed by atoms with Gasteiger partial charge in [-0.05, 0) is 13.1 Å². The van der Waals surface area contributed by atoms with E-state index in [4.69, 9.17) is 4.74 Å². The van der Waals surface area contributed by atoms with Crippen LogP contribution in [0.4, 0.5) is 8.78 Å². The van der Waals surface area contributed by atoms with Crippen LogP contribution in [-0.4, -0.2) is 44.2 Å². The molecule has 19 heavy (non-hydrogen) atoms. The molecule has 0 atom stereocenters. The van der Waals surface area contributed by atoms with Crippen LogP contribution in [0, 0.1) is 11.6 Å². The predicted molar refractivity (Wildman–Crippen MR) is 72.5 cm³/mol. The molecule has 1 aromatic carbocycles. The fourth-order valence-electron chi connectivity index (χ4n) is 1.75. The summed E-state index contributed by atoms with van der Waals surface area (Å²) in [4.78, 5) is 2.32. The minimum absolute atomic E-state index is 0.225. The molecule has 0 unspecified atom stereocenters. The SMILES string of the molecule is CCN(CC)CCNCCOc1cc(F)cc(F)c1. The summed E-state index contributed by atoms with van der Waals surface area (Å²) in [5, 5.41) is 3.23. The highest BCUT2D eigenvalue weighted by Gasteiger charge is 2.01. The van der Waals surface area contributed by atoms with E-state index in [0.717, 1.165) is 32.2 Å². The van der Waals surface area contributed by atoms with E-state index in [1.54, 1.807) is 0 Å². The third-order valence-electron chi connectivity index (χ3n) is 2.88. The number of nitrogens with one attached hydrogen (secondary N) is 1. The Balaban J connectivity index is 2.14. The zero-order valence-electron chi connectivity index (χ0n) is 11.6. The minimum atomic E-state index is -0.621. The van der Waals surface area contributed by atoms with Gasteiger partial charge in [-0.25, -0.2) is 8.78 Å². The molecule has 0 saturated heterocycles. The standard InChI is InChI=1S/C14H22F2N2O/c1-3-18(4-2)7-5-17-6-8-19-14-10-12(15)9-13(16)11-14/h9-11,17H,3-8H2,1-2H3. The van der Waals surface area contributed by atoms with E-state index in [9.17, 15) is 8.78 Å². The summed E-state index contributed by atoms with van der Waals surface area (Å²) in [6.07, 6.45) is 0. The monoisotopic (exact) mass is 272 g/mol. The molecule has 0 fully saturated rings. The first-order valence-electron chi connectivity index (χ1n) is 6.67. The van der Waals surface area contributed by atoms with Crippen molar-refractivity contribution in [1.82, 2.24) is 10.2 Å². The van der Waals surface area contributed by atoms with Gasteiger partial charge in [-0.1, -0.05) is 13.8 Å². The molecule has 1 aromatic rings. The molecule has 0 aromatic heterocycles. The summed E-state index contributed by atoms with van der Waals surface area (Å²) in [5.74, 6) is -1.02. The maximum Gasteiger partial charge on any atom is 0.129 e. The maximum atomic E-state index is 12.9. The molecular weight excluding hydrogens is 250 g/mol. The highest BCUT2D eigenvalue weighted by Crippen LogP contribution is 2.14. The number of nitrogens with zero attached hydrogens (tertiary/aromatic N) is 1. The molecule has 0 heterocycles. The fourth-order valence-corrected chi connectivity index (χ4v) is 1.75. The van der Waals surface area contributed by atoms with Gasteiger partial charge in [-0.15, -0.1) is 0 Å². The second-order valence-corrected chi connectivity index (χ2v) is 4.23. The third kappa shape index (κ3) is 6.50. The van der Waals surface area contributed by atoms with E-state index in [0.29, 0.717) is 13.2 Å². The summed E-state index contributed by atoms with van der Waals surface area (Å²) in [5.41, 5.74) is 0. The molecule has 0 radical (unpaired) electrons. The van der Waals surface area contributed by atoms with Crippen LogP contribution < -0.4 is 10.1 Å². The van der Waals surface area contributed by atoms with E-state index in [1.807, 2.05) is 0 Å². The van der Waals surface area contributed by atoms with Crippen molar-refractivity contribution in [2.24, 2.45) is 0 Å². The number of hydrogen-bond acceptors (Lipinski definition) is 3. The van der Waals surface area contributed by atoms with E-state index < -0.39 is 11.6 Å². The summed E-state index contributed by atoms with van der Waals surface area (Å²) in [6, 6.07) is 3.19. The Hall–Kier alpha value is -1.20. The van der Waals surface area contributed by atoms with Gasteiger partial charge < -0.3 is 15.0 Å². The van der Waals surface area contributed by atoms with E-state index in [1.165, 1.54) is 12.1 Å². The molecule has 0 bridgehead atoms. The van der Waals surface area contributed by atoms with Crippen molar-refractivity contribution in [3.8, 4) is 5.75 Å². The molecule has 0 saturated carbocycles. The van der Waals surface area contributed by atoms with Crippen molar-refractivity contribution in [1.29, 1.82) is 0 Å². The van der Waals surface area contributed by atoms with Gasteiger partial charge in [0, 0.05) is 37.8 Å². The third-order valence-corrected chi connectivity index (χ3v) is 2.88. The summed E-state index contributed by atoms with van der Waals surface area (Å²) >= 11 is 0. The molecule has 1 rings (SSSR count). The molecule has 5 heteroatoms. The van der Waals surface area contributed by atoms with Crippen molar-refractivity contribution >= 4 is 0 Å². The molecule has 0 aliphatic rings. The molecule has 0 amide bonds. The first-order valence-corrected chi connectivity index (χ1v) is 6.67. The van der Waals surface area contributed by atoms with Gasteiger partial charge in [0.1, 0.15) is 24.0 Å². The largest absolute Gasteiger partial charge is 0.492 e. The normalized spacial score (nSPS) is 11.0. The quantitative estimate of drug-likeness (QED) is 0.698. The van der Waals surface area contributed by atoms with Gasteiger partial charge in [0.2, 0.25) is 0 Å². The van der Waals surface area contributed by atoms with Gasteiger partial charge in [-0.3, -0.25) is 0 Å². The lowest BCUT2D eigenvalue weighted by molar-refractivity contribution is 0.284. The number of halogens is 2. The number of rotatable bonds is 9. The number of ether oxygens (including phenoxy) is 1. The molecule has 0 aliphatic heterocycles. The van der Waals surface area contributed by atoms with Gasteiger partial charge >= 0.3 is 0 Å². The topological polar surface area (TPSA) is 24.5 Å².